The summed E-state index contributed by atoms with van der Waals surface area (Å²) in [4.78, 5) is 15.6. The monoisotopic (exact) mass is 415 g/mol. The number of nitrogens with zero attached hydrogens (tertiary/aromatic N) is 3. The molecule has 0 atom stereocenters. The molecule has 3 heterocycles. The number of aromatic nitrogens is 2. The van der Waals surface area contributed by atoms with Crippen LogP contribution < -0.4 is 5.56 Å². The molecule has 0 amide bonds. The topological polar surface area (TPSA) is 58.4 Å². The Morgan fingerprint density at radius 2 is 1.96 bits per heavy atom. The van der Waals surface area contributed by atoms with Gasteiger partial charge in [0.15, 0.2) is 0 Å². The van der Waals surface area contributed by atoms with Crippen LogP contribution in [-0.4, -0.2) is 38.5 Å². The van der Waals surface area contributed by atoms with E-state index in [4.69, 9.17) is 11.6 Å². The zero-order chi connectivity index (χ0) is 19.6. The predicted molar refractivity (Wildman–Crippen MR) is 113 cm³/mol. The Morgan fingerprint density at radius 3 is 2.68 bits per heavy atom. The second-order valence-electron chi connectivity index (χ2n) is 7.32. The number of hydrogen-bond acceptors (Lipinski definition) is 5. The second-order valence-corrected chi connectivity index (χ2v) is 8.71. The van der Waals surface area contributed by atoms with Gasteiger partial charge in [0.05, 0.1) is 17.0 Å². The van der Waals surface area contributed by atoms with Crippen LogP contribution >= 0.6 is 22.9 Å². The third-order valence-corrected chi connectivity index (χ3v) is 6.29. The molecule has 1 aromatic carbocycles. The third-order valence-electron chi connectivity index (χ3n) is 5.17. The van der Waals surface area contributed by atoms with E-state index in [9.17, 15) is 9.90 Å². The van der Waals surface area contributed by atoms with Crippen LogP contribution in [0.15, 0.2) is 58.7 Å². The Bertz CT molecular complexity index is 995. The maximum atomic E-state index is 12.3. The van der Waals surface area contributed by atoms with Crippen molar-refractivity contribution in [2.24, 2.45) is 0 Å². The molecule has 28 heavy (non-hydrogen) atoms. The molecule has 5 nitrogen and oxygen atoms in total. The molecule has 1 aliphatic heterocycles. The van der Waals surface area contributed by atoms with Crippen molar-refractivity contribution in [1.82, 2.24) is 14.7 Å². The molecule has 1 saturated heterocycles. The van der Waals surface area contributed by atoms with Crippen molar-refractivity contribution in [1.29, 1.82) is 0 Å². The molecule has 0 bridgehead atoms. The molecule has 1 fully saturated rings. The molecule has 3 aromatic rings. The second kappa shape index (κ2) is 8.17. The van der Waals surface area contributed by atoms with Crippen LogP contribution in [0.25, 0.3) is 10.6 Å². The van der Waals surface area contributed by atoms with Gasteiger partial charge in [-0.05, 0) is 48.1 Å². The lowest BCUT2D eigenvalue weighted by atomic mass is 9.91. The average Bonchev–Trinajstić information content (AvgIpc) is 3.20. The first kappa shape index (κ1) is 19.3. The van der Waals surface area contributed by atoms with Gasteiger partial charge in [-0.3, -0.25) is 9.69 Å². The van der Waals surface area contributed by atoms with Gasteiger partial charge >= 0.3 is 0 Å². The molecule has 0 saturated carbocycles. The van der Waals surface area contributed by atoms with Crippen LogP contribution in [0.2, 0.25) is 5.02 Å². The molecule has 0 aliphatic carbocycles. The van der Waals surface area contributed by atoms with Crippen LogP contribution in [0.1, 0.15) is 18.4 Å². The molecular formula is C21H22ClN3O2S. The van der Waals surface area contributed by atoms with Crippen molar-refractivity contribution in [3.8, 4) is 10.6 Å². The number of thiophene rings is 1. The number of hydrogen-bond donors (Lipinski definition) is 1. The summed E-state index contributed by atoms with van der Waals surface area (Å²) >= 11 is 7.65. The fraction of sp³-hybridized carbons (Fsp3) is 0.333. The smallest absolute Gasteiger partial charge is 0.266 e. The normalized spacial score (nSPS) is 16.9. The van der Waals surface area contributed by atoms with Gasteiger partial charge in [-0.1, -0.05) is 29.8 Å². The van der Waals surface area contributed by atoms with Crippen molar-refractivity contribution in [2.45, 2.75) is 31.5 Å². The highest BCUT2D eigenvalue weighted by Crippen LogP contribution is 2.26. The van der Waals surface area contributed by atoms with Crippen LogP contribution in [0.4, 0.5) is 0 Å². The average molecular weight is 416 g/mol. The van der Waals surface area contributed by atoms with E-state index in [1.165, 1.54) is 16.3 Å². The summed E-state index contributed by atoms with van der Waals surface area (Å²) in [6.07, 6.45) is 1.20. The summed E-state index contributed by atoms with van der Waals surface area (Å²) < 4.78 is 1.40. The Kier molecular flexibility index (Phi) is 5.64. The van der Waals surface area contributed by atoms with Crippen LogP contribution in [0.5, 0.6) is 0 Å². The maximum absolute atomic E-state index is 12.3. The van der Waals surface area contributed by atoms with E-state index in [1.54, 1.807) is 17.4 Å². The highest BCUT2D eigenvalue weighted by Gasteiger charge is 2.33. The summed E-state index contributed by atoms with van der Waals surface area (Å²) in [5, 5.41) is 18.3. The van der Waals surface area contributed by atoms with E-state index in [2.05, 4.69) is 16.1 Å². The van der Waals surface area contributed by atoms with Crippen molar-refractivity contribution < 1.29 is 5.11 Å². The fourth-order valence-electron chi connectivity index (χ4n) is 3.58. The lowest BCUT2D eigenvalue weighted by Gasteiger charge is -2.38. The molecule has 7 heteroatoms. The number of rotatable bonds is 5. The van der Waals surface area contributed by atoms with Crippen molar-refractivity contribution in [3.05, 3.63) is 74.9 Å². The maximum Gasteiger partial charge on any atom is 0.266 e. The van der Waals surface area contributed by atoms with Crippen molar-refractivity contribution >= 4 is 22.9 Å². The van der Waals surface area contributed by atoms with E-state index in [0.717, 1.165) is 35.2 Å². The standard InChI is InChI=1S/C21H22ClN3O2S/c22-17-4-1-3-16(13-17)14-24-10-8-21(27,9-11-24)15-25-20(26)7-6-18(23-25)19-5-2-12-28-19/h1-7,12-13,27H,8-11,14-15H2. The highest BCUT2D eigenvalue weighted by atomic mass is 35.5. The lowest BCUT2D eigenvalue weighted by Crippen LogP contribution is -2.48. The first-order valence-electron chi connectivity index (χ1n) is 9.32. The number of aliphatic hydroxyl groups is 1. The lowest BCUT2D eigenvalue weighted by molar-refractivity contribution is -0.0389. The van der Waals surface area contributed by atoms with Gasteiger partial charge in [0.2, 0.25) is 0 Å². The minimum Gasteiger partial charge on any atom is -0.388 e. The minimum absolute atomic E-state index is 0.185. The van der Waals surface area contributed by atoms with Crippen molar-refractivity contribution in [3.63, 3.8) is 0 Å². The molecule has 0 radical (unpaired) electrons. The summed E-state index contributed by atoms with van der Waals surface area (Å²) in [5.74, 6) is 0. The molecule has 4 rings (SSSR count). The summed E-state index contributed by atoms with van der Waals surface area (Å²) in [6.45, 7) is 2.56. The Labute approximate surface area is 172 Å². The van der Waals surface area contributed by atoms with E-state index in [0.29, 0.717) is 12.8 Å². The van der Waals surface area contributed by atoms with Gasteiger partial charge < -0.3 is 5.11 Å². The largest absolute Gasteiger partial charge is 0.388 e. The zero-order valence-corrected chi connectivity index (χ0v) is 17.0. The van der Waals surface area contributed by atoms with Gasteiger partial charge in [-0.25, -0.2) is 4.68 Å². The predicted octanol–water partition coefficient (Wildman–Crippen LogP) is 3.65. The molecule has 146 valence electrons. The first-order valence-corrected chi connectivity index (χ1v) is 10.6. The minimum atomic E-state index is -0.921. The van der Waals surface area contributed by atoms with Crippen LogP contribution in [0.3, 0.4) is 0 Å². The van der Waals surface area contributed by atoms with Gasteiger partial charge in [0, 0.05) is 30.7 Å². The number of benzene rings is 1. The summed E-state index contributed by atoms with van der Waals surface area (Å²) in [5.41, 5.74) is 0.821. The Hall–Kier alpha value is -1.99. The van der Waals surface area contributed by atoms with Gasteiger partial charge in [0.1, 0.15) is 5.69 Å². The highest BCUT2D eigenvalue weighted by molar-refractivity contribution is 7.13. The number of halogens is 1. The molecule has 1 aliphatic rings. The Balaban J connectivity index is 1.42. The molecule has 1 N–H and O–H groups in total. The third kappa shape index (κ3) is 4.52. The van der Waals surface area contributed by atoms with E-state index < -0.39 is 5.60 Å². The number of likely N-dealkylation sites (tertiary alicyclic amines) is 1. The van der Waals surface area contributed by atoms with E-state index in [1.807, 2.05) is 35.7 Å². The Morgan fingerprint density at radius 1 is 1.14 bits per heavy atom. The summed E-state index contributed by atoms with van der Waals surface area (Å²) in [7, 11) is 0. The van der Waals surface area contributed by atoms with Gasteiger partial charge in [0.25, 0.3) is 5.56 Å². The molecule has 2 aromatic heterocycles. The van der Waals surface area contributed by atoms with Crippen LogP contribution in [-0.2, 0) is 13.1 Å². The van der Waals surface area contributed by atoms with E-state index in [-0.39, 0.29) is 12.1 Å². The first-order chi connectivity index (χ1) is 13.5. The quantitative estimate of drug-likeness (QED) is 0.691. The number of piperidine rings is 1. The summed E-state index contributed by atoms with van der Waals surface area (Å²) in [6, 6.07) is 15.1. The fourth-order valence-corrected chi connectivity index (χ4v) is 4.48. The van der Waals surface area contributed by atoms with Gasteiger partial charge in [-0.2, -0.15) is 5.10 Å². The van der Waals surface area contributed by atoms with Crippen LogP contribution in [0, 0.1) is 0 Å². The van der Waals surface area contributed by atoms with Crippen molar-refractivity contribution in [2.75, 3.05) is 13.1 Å². The molecule has 0 spiro atoms. The zero-order valence-electron chi connectivity index (χ0n) is 15.4. The molecule has 0 unspecified atom stereocenters. The molecular weight excluding hydrogens is 394 g/mol. The SMILES string of the molecule is O=c1ccc(-c2cccs2)nn1CC1(O)CCN(Cc2cccc(Cl)c2)CC1. The van der Waals surface area contributed by atoms with E-state index >= 15 is 0 Å². The van der Waals surface area contributed by atoms with Gasteiger partial charge in [-0.15, -0.1) is 11.3 Å².